The first kappa shape index (κ1) is 18.2. The van der Waals surface area contributed by atoms with Crippen molar-refractivity contribution >= 4 is 12.1 Å². The van der Waals surface area contributed by atoms with Crippen LogP contribution < -0.4 is 0 Å². The molecule has 0 saturated carbocycles. The highest BCUT2D eigenvalue weighted by atomic mass is 16.7. The molecular weight excluding hydrogens is 314 g/mol. The summed E-state index contributed by atoms with van der Waals surface area (Å²) in [5, 5.41) is 0. The Balaban J connectivity index is 1.84. The monoisotopic (exact) mass is 337 g/mol. The summed E-state index contributed by atoms with van der Waals surface area (Å²) in [6.07, 6.45) is 0.171. The molecule has 0 spiro atoms. The molecule has 1 fully saturated rings. The van der Waals surface area contributed by atoms with Crippen LogP contribution >= 0.6 is 0 Å². The fraction of sp³-hybridized carbons (Fsp3) is 0.529. The van der Waals surface area contributed by atoms with E-state index in [4.69, 9.17) is 18.9 Å². The zero-order valence-corrected chi connectivity index (χ0v) is 14.0. The molecule has 0 radical (unpaired) electrons. The zero-order valence-electron chi connectivity index (χ0n) is 14.0. The second kappa shape index (κ2) is 9.24. The highest BCUT2D eigenvalue weighted by molar-refractivity contribution is 5.82. The molecule has 24 heavy (non-hydrogen) atoms. The van der Waals surface area contributed by atoms with Crippen LogP contribution in [-0.4, -0.2) is 56.7 Å². The van der Waals surface area contributed by atoms with E-state index in [1.54, 1.807) is 0 Å². The van der Waals surface area contributed by atoms with Gasteiger partial charge in [0, 0.05) is 20.8 Å². The number of likely N-dealkylation sites (tertiary alicyclic amines) is 1. The van der Waals surface area contributed by atoms with Crippen LogP contribution in [0.15, 0.2) is 30.3 Å². The summed E-state index contributed by atoms with van der Waals surface area (Å²) in [6.45, 7) is 0.633. The Hall–Kier alpha value is -2.12. The van der Waals surface area contributed by atoms with Crippen LogP contribution in [0.2, 0.25) is 0 Å². The summed E-state index contributed by atoms with van der Waals surface area (Å²) in [4.78, 5) is 25.8. The van der Waals surface area contributed by atoms with Gasteiger partial charge < -0.3 is 18.9 Å². The van der Waals surface area contributed by atoms with Gasteiger partial charge in [0.2, 0.25) is 0 Å². The van der Waals surface area contributed by atoms with E-state index in [1.165, 1.54) is 19.1 Å². The average molecular weight is 337 g/mol. The highest BCUT2D eigenvalue weighted by Gasteiger charge is 2.36. The lowest BCUT2D eigenvalue weighted by atomic mass is 10.2. The van der Waals surface area contributed by atoms with E-state index < -0.39 is 24.4 Å². The van der Waals surface area contributed by atoms with Crippen molar-refractivity contribution in [1.29, 1.82) is 0 Å². The number of benzene rings is 1. The molecule has 1 aromatic rings. The lowest BCUT2D eigenvalue weighted by molar-refractivity contribution is -0.170. The smallest absolute Gasteiger partial charge is 0.410 e. The molecule has 0 unspecified atom stereocenters. The fourth-order valence-electron chi connectivity index (χ4n) is 2.51. The topological polar surface area (TPSA) is 74.3 Å². The molecule has 2 rings (SSSR count). The number of amides is 1. The maximum atomic E-state index is 12.2. The van der Waals surface area contributed by atoms with Gasteiger partial charge in [-0.1, -0.05) is 30.3 Å². The zero-order chi connectivity index (χ0) is 17.4. The molecule has 1 aliphatic rings. The largest absolute Gasteiger partial charge is 0.459 e. The Bertz CT molecular complexity index is 531. The fourth-order valence-corrected chi connectivity index (χ4v) is 2.51. The van der Waals surface area contributed by atoms with Crippen LogP contribution in [0.4, 0.5) is 4.79 Å². The van der Waals surface area contributed by atoms with E-state index in [0.29, 0.717) is 13.0 Å². The highest BCUT2D eigenvalue weighted by Crippen LogP contribution is 2.20. The van der Waals surface area contributed by atoms with Gasteiger partial charge in [-0.05, 0) is 18.4 Å². The number of carbonyl (C=O) groups excluding carboxylic acids is 2. The second-order valence-corrected chi connectivity index (χ2v) is 5.42. The first-order valence-electron chi connectivity index (χ1n) is 7.85. The molecular formula is C17H23NO6. The number of nitrogens with zero attached hydrogens (tertiary/aromatic N) is 1. The van der Waals surface area contributed by atoms with Crippen molar-refractivity contribution in [3.05, 3.63) is 35.9 Å². The summed E-state index contributed by atoms with van der Waals surface area (Å²) in [5.74, 6) is -0.469. The van der Waals surface area contributed by atoms with Crippen LogP contribution in [0.5, 0.6) is 0 Å². The summed E-state index contributed by atoms with van der Waals surface area (Å²) in [5.41, 5.74) is 0.896. The van der Waals surface area contributed by atoms with Crippen LogP contribution in [0.25, 0.3) is 0 Å². The summed E-state index contributed by atoms with van der Waals surface area (Å²) in [6, 6.07) is 8.77. The summed E-state index contributed by atoms with van der Waals surface area (Å²) < 4.78 is 20.4. The van der Waals surface area contributed by atoms with E-state index in [-0.39, 0.29) is 13.2 Å². The van der Waals surface area contributed by atoms with Gasteiger partial charge in [-0.15, -0.1) is 0 Å². The third-order valence-corrected chi connectivity index (χ3v) is 3.85. The minimum Gasteiger partial charge on any atom is -0.459 e. The van der Waals surface area contributed by atoms with Gasteiger partial charge in [-0.3, -0.25) is 4.90 Å². The molecule has 1 aromatic carbocycles. The molecule has 1 heterocycles. The van der Waals surface area contributed by atoms with Crippen LogP contribution in [0.1, 0.15) is 18.4 Å². The summed E-state index contributed by atoms with van der Waals surface area (Å²) in [7, 11) is 2.93. The Morgan fingerprint density at radius 1 is 1.17 bits per heavy atom. The first-order valence-corrected chi connectivity index (χ1v) is 7.85. The molecule has 1 atom stereocenters. The molecule has 0 aliphatic carbocycles. The Morgan fingerprint density at radius 3 is 2.54 bits per heavy atom. The standard InChI is InChI=1S/C17H23NO6/c1-21-15(22-2)12-23-16(19)14-9-6-10-18(14)17(20)24-11-13-7-4-3-5-8-13/h3-5,7-8,14-15H,6,9-12H2,1-2H3/t14-/m0/s1. The van der Waals surface area contributed by atoms with Gasteiger partial charge in [-0.2, -0.15) is 0 Å². The molecule has 0 aromatic heterocycles. The molecule has 0 N–H and O–H groups in total. The minimum absolute atomic E-state index is 0.0186. The van der Waals surface area contributed by atoms with Crippen LogP contribution in [-0.2, 0) is 30.3 Å². The number of ether oxygens (including phenoxy) is 4. The lowest BCUT2D eigenvalue weighted by Gasteiger charge is -2.23. The molecule has 7 nitrogen and oxygen atoms in total. The third-order valence-electron chi connectivity index (χ3n) is 3.85. The lowest BCUT2D eigenvalue weighted by Crippen LogP contribution is -2.42. The third kappa shape index (κ3) is 4.94. The molecule has 0 bridgehead atoms. The van der Waals surface area contributed by atoms with E-state index >= 15 is 0 Å². The molecule has 1 amide bonds. The van der Waals surface area contributed by atoms with E-state index in [2.05, 4.69) is 0 Å². The van der Waals surface area contributed by atoms with E-state index in [1.807, 2.05) is 30.3 Å². The Morgan fingerprint density at radius 2 is 1.88 bits per heavy atom. The van der Waals surface area contributed by atoms with E-state index in [0.717, 1.165) is 12.0 Å². The Labute approximate surface area is 141 Å². The molecule has 132 valence electrons. The first-order chi connectivity index (χ1) is 11.7. The Kier molecular flexibility index (Phi) is 7.02. The quantitative estimate of drug-likeness (QED) is 0.559. The van der Waals surface area contributed by atoms with Crippen LogP contribution in [0.3, 0.4) is 0 Å². The molecule has 1 saturated heterocycles. The second-order valence-electron chi connectivity index (χ2n) is 5.42. The minimum atomic E-state index is -0.623. The maximum Gasteiger partial charge on any atom is 0.410 e. The number of carbonyl (C=O) groups is 2. The van der Waals surface area contributed by atoms with Gasteiger partial charge in [-0.25, -0.2) is 9.59 Å². The van der Waals surface area contributed by atoms with Gasteiger partial charge >= 0.3 is 12.1 Å². The predicted octanol–water partition coefficient (Wildman–Crippen LogP) is 1.95. The SMILES string of the molecule is COC(COC(=O)[C@@H]1CCCN1C(=O)OCc1ccccc1)OC. The number of rotatable bonds is 7. The maximum absolute atomic E-state index is 12.2. The average Bonchev–Trinajstić information content (AvgIpc) is 3.11. The summed E-state index contributed by atoms with van der Waals surface area (Å²) >= 11 is 0. The van der Waals surface area contributed by atoms with Crippen LogP contribution in [0, 0.1) is 0 Å². The van der Waals surface area contributed by atoms with Crippen molar-refractivity contribution in [1.82, 2.24) is 4.90 Å². The van der Waals surface area contributed by atoms with Gasteiger partial charge in [0.15, 0.2) is 6.29 Å². The van der Waals surface area contributed by atoms with Gasteiger partial charge in [0.1, 0.15) is 19.3 Å². The van der Waals surface area contributed by atoms with Crippen molar-refractivity contribution < 1.29 is 28.5 Å². The van der Waals surface area contributed by atoms with Crippen molar-refractivity contribution in [2.24, 2.45) is 0 Å². The van der Waals surface area contributed by atoms with Crippen molar-refractivity contribution in [3.8, 4) is 0 Å². The number of esters is 1. The molecule has 7 heteroatoms. The van der Waals surface area contributed by atoms with E-state index in [9.17, 15) is 9.59 Å². The predicted molar refractivity (Wildman–Crippen MR) is 85.1 cm³/mol. The van der Waals surface area contributed by atoms with Crippen molar-refractivity contribution in [2.75, 3.05) is 27.4 Å². The molecule has 1 aliphatic heterocycles. The number of hydrogen-bond acceptors (Lipinski definition) is 6. The van der Waals surface area contributed by atoms with Gasteiger partial charge in [0.25, 0.3) is 0 Å². The normalized spacial score (nSPS) is 17.1. The number of hydrogen-bond donors (Lipinski definition) is 0. The number of methoxy groups -OCH3 is 2. The van der Waals surface area contributed by atoms with Gasteiger partial charge in [0.05, 0.1) is 0 Å². The van der Waals surface area contributed by atoms with Crippen molar-refractivity contribution in [2.45, 2.75) is 31.8 Å². The van der Waals surface area contributed by atoms with Crippen molar-refractivity contribution in [3.63, 3.8) is 0 Å².